The molecule has 0 spiro atoms. The molecule has 1 heterocycles. The molecule has 1 aromatic rings. The summed E-state index contributed by atoms with van der Waals surface area (Å²) in [5, 5.41) is 0. The van der Waals surface area contributed by atoms with Crippen molar-refractivity contribution in [2.24, 2.45) is 0 Å². The van der Waals surface area contributed by atoms with Crippen LogP contribution in [0.5, 0.6) is 0 Å². The van der Waals surface area contributed by atoms with Gasteiger partial charge in [-0.25, -0.2) is 0 Å². The Kier molecular flexibility index (Phi) is 5.08. The van der Waals surface area contributed by atoms with E-state index in [1.807, 2.05) is 24.8 Å². The van der Waals surface area contributed by atoms with Crippen LogP contribution in [0.1, 0.15) is 33.6 Å². The third-order valence-electron chi connectivity index (χ3n) is 3.25. The van der Waals surface area contributed by atoms with Crippen molar-refractivity contribution in [3.05, 3.63) is 40.8 Å². The molecule has 0 amide bonds. The quantitative estimate of drug-likeness (QED) is 0.732. The second kappa shape index (κ2) is 6.60. The van der Waals surface area contributed by atoms with Crippen molar-refractivity contribution in [3.63, 3.8) is 0 Å². The third-order valence-corrected chi connectivity index (χ3v) is 4.61. The first kappa shape index (κ1) is 14.6. The van der Waals surface area contributed by atoms with Gasteiger partial charge in [0.2, 0.25) is 0 Å². The summed E-state index contributed by atoms with van der Waals surface area (Å²) in [6.45, 7) is 7.81. The zero-order valence-electron chi connectivity index (χ0n) is 11.9. The van der Waals surface area contributed by atoms with E-state index in [-0.39, 0.29) is 0 Å². The Morgan fingerprint density at radius 2 is 1.79 bits per heavy atom. The number of benzene rings is 1. The molecule has 1 aliphatic heterocycles. The topological polar surface area (TPSA) is 18.5 Å². The van der Waals surface area contributed by atoms with Gasteiger partial charge in [0.25, 0.3) is 0 Å². The van der Waals surface area contributed by atoms with E-state index in [1.54, 1.807) is 0 Å². The average molecular weight is 278 g/mol. The normalized spacial score (nSPS) is 17.4. The maximum Gasteiger partial charge on any atom is 0.166 e. The van der Waals surface area contributed by atoms with Crippen molar-refractivity contribution in [1.82, 2.24) is 0 Å². The Morgan fingerprint density at radius 1 is 1.16 bits per heavy atom. The molecule has 0 N–H and O–H groups in total. The standard InChI is InChI=1S/C16H22O2S/c1-13(2)15(19-14-7-5-4-6-8-14)9-10-16(3)17-11-12-18-16/h4-8H,9-12H2,1-3H3. The molecule has 104 valence electrons. The second-order valence-electron chi connectivity index (χ2n) is 5.17. The van der Waals surface area contributed by atoms with Gasteiger partial charge in [-0.15, -0.1) is 0 Å². The lowest BCUT2D eigenvalue weighted by molar-refractivity contribution is -0.145. The maximum absolute atomic E-state index is 5.67. The van der Waals surface area contributed by atoms with E-state index in [0.717, 1.165) is 12.8 Å². The lowest BCUT2D eigenvalue weighted by Crippen LogP contribution is -2.25. The van der Waals surface area contributed by atoms with Crippen LogP contribution in [0, 0.1) is 0 Å². The van der Waals surface area contributed by atoms with Crippen LogP contribution in [-0.4, -0.2) is 19.0 Å². The first-order chi connectivity index (χ1) is 9.09. The molecule has 0 radical (unpaired) electrons. The Hall–Kier alpha value is -0.770. The van der Waals surface area contributed by atoms with Gasteiger partial charge in [-0.2, -0.15) is 0 Å². The first-order valence-corrected chi connectivity index (χ1v) is 7.58. The van der Waals surface area contributed by atoms with Gasteiger partial charge in [-0.05, 0) is 44.2 Å². The zero-order valence-corrected chi connectivity index (χ0v) is 12.8. The minimum atomic E-state index is -0.391. The van der Waals surface area contributed by atoms with Gasteiger partial charge in [-0.3, -0.25) is 0 Å². The van der Waals surface area contributed by atoms with Gasteiger partial charge < -0.3 is 9.47 Å². The fourth-order valence-electron chi connectivity index (χ4n) is 2.08. The van der Waals surface area contributed by atoms with Crippen LogP contribution in [0.25, 0.3) is 0 Å². The van der Waals surface area contributed by atoms with Crippen molar-refractivity contribution in [1.29, 1.82) is 0 Å². The fourth-order valence-corrected chi connectivity index (χ4v) is 3.06. The van der Waals surface area contributed by atoms with E-state index in [9.17, 15) is 0 Å². The largest absolute Gasteiger partial charge is 0.348 e. The summed E-state index contributed by atoms with van der Waals surface area (Å²) in [6, 6.07) is 10.5. The maximum atomic E-state index is 5.67. The molecule has 3 heteroatoms. The third kappa shape index (κ3) is 4.37. The number of hydrogen-bond donors (Lipinski definition) is 0. The van der Waals surface area contributed by atoms with Crippen molar-refractivity contribution < 1.29 is 9.47 Å². The molecule has 1 fully saturated rings. The summed E-state index contributed by atoms with van der Waals surface area (Å²) in [5.74, 6) is -0.391. The van der Waals surface area contributed by atoms with Crippen molar-refractivity contribution in [3.8, 4) is 0 Å². The highest BCUT2D eigenvalue weighted by Crippen LogP contribution is 2.35. The summed E-state index contributed by atoms with van der Waals surface area (Å²) < 4.78 is 11.3. The molecule has 0 atom stereocenters. The molecule has 2 nitrogen and oxygen atoms in total. The van der Waals surface area contributed by atoms with Crippen molar-refractivity contribution in [2.45, 2.75) is 44.3 Å². The van der Waals surface area contributed by atoms with E-state index in [2.05, 4.69) is 38.1 Å². The molecule has 0 aromatic heterocycles. The number of hydrogen-bond acceptors (Lipinski definition) is 3. The lowest BCUT2D eigenvalue weighted by Gasteiger charge is -2.23. The van der Waals surface area contributed by atoms with Gasteiger partial charge >= 0.3 is 0 Å². The van der Waals surface area contributed by atoms with Crippen LogP contribution < -0.4 is 0 Å². The summed E-state index contributed by atoms with van der Waals surface area (Å²) in [4.78, 5) is 2.70. The second-order valence-corrected chi connectivity index (χ2v) is 6.34. The summed E-state index contributed by atoms with van der Waals surface area (Å²) in [5.41, 5.74) is 1.37. The van der Waals surface area contributed by atoms with Crippen molar-refractivity contribution >= 4 is 11.8 Å². The Bertz CT molecular complexity index is 429. The molecule has 0 bridgehead atoms. The minimum Gasteiger partial charge on any atom is -0.348 e. The highest BCUT2D eigenvalue weighted by atomic mass is 32.2. The average Bonchev–Trinajstić information content (AvgIpc) is 2.83. The fraction of sp³-hybridized carbons (Fsp3) is 0.500. The van der Waals surface area contributed by atoms with Crippen LogP contribution >= 0.6 is 11.8 Å². The predicted octanol–water partition coefficient (Wildman–Crippen LogP) is 4.62. The number of rotatable bonds is 5. The highest BCUT2D eigenvalue weighted by molar-refractivity contribution is 8.03. The van der Waals surface area contributed by atoms with Crippen LogP contribution in [0.2, 0.25) is 0 Å². The SMILES string of the molecule is CC(C)=C(CCC1(C)OCCO1)Sc1ccccc1. The lowest BCUT2D eigenvalue weighted by atomic mass is 10.1. The molecule has 2 rings (SSSR count). The molecule has 19 heavy (non-hydrogen) atoms. The minimum absolute atomic E-state index is 0.391. The number of thioether (sulfide) groups is 1. The van der Waals surface area contributed by atoms with E-state index in [4.69, 9.17) is 9.47 Å². The van der Waals surface area contributed by atoms with Crippen LogP contribution in [0.3, 0.4) is 0 Å². The Morgan fingerprint density at radius 3 is 2.37 bits per heavy atom. The predicted molar refractivity (Wildman–Crippen MR) is 80.2 cm³/mol. The smallest absolute Gasteiger partial charge is 0.166 e. The molecular weight excluding hydrogens is 256 g/mol. The van der Waals surface area contributed by atoms with Gasteiger partial charge in [0, 0.05) is 11.3 Å². The first-order valence-electron chi connectivity index (χ1n) is 6.76. The molecule has 0 saturated carbocycles. The molecule has 0 aliphatic carbocycles. The van der Waals surface area contributed by atoms with Crippen LogP contribution in [0.15, 0.2) is 45.7 Å². The van der Waals surface area contributed by atoms with Crippen LogP contribution in [-0.2, 0) is 9.47 Å². The Balaban J connectivity index is 1.96. The van der Waals surface area contributed by atoms with Gasteiger partial charge in [-0.1, -0.05) is 35.5 Å². The molecule has 0 unspecified atom stereocenters. The monoisotopic (exact) mass is 278 g/mol. The molecule has 1 saturated heterocycles. The molecular formula is C16H22O2S. The zero-order chi connectivity index (χ0) is 13.7. The van der Waals surface area contributed by atoms with E-state index in [1.165, 1.54) is 15.4 Å². The van der Waals surface area contributed by atoms with E-state index in [0.29, 0.717) is 13.2 Å². The molecule has 1 aromatic carbocycles. The summed E-state index contributed by atoms with van der Waals surface area (Å²) in [6.07, 6.45) is 1.91. The summed E-state index contributed by atoms with van der Waals surface area (Å²) in [7, 11) is 0. The Labute approximate surface area is 120 Å². The van der Waals surface area contributed by atoms with E-state index < -0.39 is 5.79 Å². The highest BCUT2D eigenvalue weighted by Gasteiger charge is 2.30. The van der Waals surface area contributed by atoms with Crippen molar-refractivity contribution in [2.75, 3.05) is 13.2 Å². The number of ether oxygens (including phenoxy) is 2. The summed E-state index contributed by atoms with van der Waals surface area (Å²) >= 11 is 1.85. The molecule has 1 aliphatic rings. The van der Waals surface area contributed by atoms with Crippen LogP contribution in [0.4, 0.5) is 0 Å². The van der Waals surface area contributed by atoms with E-state index >= 15 is 0 Å². The van der Waals surface area contributed by atoms with Gasteiger partial charge in [0.15, 0.2) is 5.79 Å². The van der Waals surface area contributed by atoms with Gasteiger partial charge in [0.05, 0.1) is 13.2 Å². The van der Waals surface area contributed by atoms with Gasteiger partial charge in [0.1, 0.15) is 0 Å². The number of allylic oxidation sites excluding steroid dienone is 2.